The molecule has 7 nitrogen and oxygen atoms in total. The molecule has 1 amide bonds. The second-order valence-electron chi connectivity index (χ2n) is 7.57. The van der Waals surface area contributed by atoms with Crippen LogP contribution in [-0.4, -0.2) is 65.4 Å². The lowest BCUT2D eigenvalue weighted by atomic mass is 10.1. The van der Waals surface area contributed by atoms with Gasteiger partial charge in [0.2, 0.25) is 15.9 Å². The number of rotatable bonds is 7. The first-order valence-corrected chi connectivity index (χ1v) is 11.8. The van der Waals surface area contributed by atoms with Gasteiger partial charge in [-0.1, -0.05) is 30.3 Å². The van der Waals surface area contributed by atoms with E-state index in [9.17, 15) is 13.2 Å². The van der Waals surface area contributed by atoms with Crippen molar-refractivity contribution < 1.29 is 17.9 Å². The van der Waals surface area contributed by atoms with Crippen LogP contribution in [0.3, 0.4) is 0 Å². The van der Waals surface area contributed by atoms with Gasteiger partial charge in [-0.15, -0.1) is 0 Å². The molecule has 0 aromatic heterocycles. The molecule has 0 unspecified atom stereocenters. The standard InChI is InChI=1S/C22H29N3O4S/c1-18-6-4-5-7-21(18)25(30(3,27)28)17-22(26)23(2)16-19-8-10-20(11-9-19)24-12-14-29-15-13-24/h4-11H,12-17H2,1-3H3. The second-order valence-corrected chi connectivity index (χ2v) is 9.48. The molecule has 1 heterocycles. The molecule has 0 saturated carbocycles. The Balaban J connectivity index is 1.66. The number of carbonyl (C=O) groups excluding carboxylic acids is 1. The highest BCUT2D eigenvalue weighted by atomic mass is 32.2. The van der Waals surface area contributed by atoms with Gasteiger partial charge in [-0.2, -0.15) is 0 Å². The number of likely N-dealkylation sites (N-methyl/N-ethyl adjacent to an activating group) is 1. The van der Waals surface area contributed by atoms with E-state index >= 15 is 0 Å². The van der Waals surface area contributed by atoms with Crippen molar-refractivity contribution in [3.63, 3.8) is 0 Å². The SMILES string of the molecule is Cc1ccccc1N(CC(=O)N(C)Cc1ccc(N2CCOCC2)cc1)S(C)(=O)=O. The fourth-order valence-electron chi connectivity index (χ4n) is 3.46. The van der Waals surface area contributed by atoms with E-state index in [4.69, 9.17) is 4.74 Å². The van der Waals surface area contributed by atoms with E-state index in [0.717, 1.165) is 49.4 Å². The lowest BCUT2D eigenvalue weighted by Crippen LogP contribution is -2.41. The highest BCUT2D eigenvalue weighted by Crippen LogP contribution is 2.22. The largest absolute Gasteiger partial charge is 0.378 e. The molecule has 1 aliphatic rings. The molecule has 0 N–H and O–H groups in total. The number of ether oxygens (including phenoxy) is 1. The number of amides is 1. The summed E-state index contributed by atoms with van der Waals surface area (Å²) in [6.07, 6.45) is 1.12. The van der Waals surface area contributed by atoms with Gasteiger partial charge in [0.1, 0.15) is 6.54 Å². The molecule has 0 radical (unpaired) electrons. The van der Waals surface area contributed by atoms with E-state index in [-0.39, 0.29) is 12.5 Å². The summed E-state index contributed by atoms with van der Waals surface area (Å²) in [7, 11) is -1.90. The number of nitrogens with zero attached hydrogens (tertiary/aromatic N) is 3. The van der Waals surface area contributed by atoms with Crippen LogP contribution in [0.1, 0.15) is 11.1 Å². The number of hydrogen-bond donors (Lipinski definition) is 0. The maximum atomic E-state index is 12.8. The molecule has 162 valence electrons. The molecule has 1 aliphatic heterocycles. The number of morpholine rings is 1. The van der Waals surface area contributed by atoms with Crippen molar-refractivity contribution >= 4 is 27.3 Å². The zero-order valence-electron chi connectivity index (χ0n) is 17.7. The second kappa shape index (κ2) is 9.49. The summed E-state index contributed by atoms with van der Waals surface area (Å²) in [4.78, 5) is 16.6. The molecule has 2 aromatic carbocycles. The van der Waals surface area contributed by atoms with E-state index in [1.165, 1.54) is 4.31 Å². The van der Waals surface area contributed by atoms with Crippen molar-refractivity contribution in [2.45, 2.75) is 13.5 Å². The lowest BCUT2D eigenvalue weighted by molar-refractivity contribution is -0.128. The maximum absolute atomic E-state index is 12.8. The van der Waals surface area contributed by atoms with Gasteiger partial charge in [0.25, 0.3) is 0 Å². The zero-order valence-corrected chi connectivity index (χ0v) is 18.6. The third-order valence-electron chi connectivity index (χ3n) is 5.22. The van der Waals surface area contributed by atoms with Crippen LogP contribution in [0.15, 0.2) is 48.5 Å². The average Bonchev–Trinajstić information content (AvgIpc) is 2.73. The maximum Gasteiger partial charge on any atom is 0.243 e. The summed E-state index contributed by atoms with van der Waals surface area (Å²) in [5.74, 6) is -0.263. The van der Waals surface area contributed by atoms with Gasteiger partial charge in [0.15, 0.2) is 0 Å². The Morgan fingerprint density at radius 2 is 1.70 bits per heavy atom. The van der Waals surface area contributed by atoms with Crippen LogP contribution in [0.5, 0.6) is 0 Å². The number of hydrogen-bond acceptors (Lipinski definition) is 5. The Hall–Kier alpha value is -2.58. The summed E-state index contributed by atoms with van der Waals surface area (Å²) < 4.78 is 31.2. The summed E-state index contributed by atoms with van der Waals surface area (Å²) >= 11 is 0. The molecule has 1 saturated heterocycles. The highest BCUT2D eigenvalue weighted by molar-refractivity contribution is 7.92. The molecule has 2 aromatic rings. The first-order chi connectivity index (χ1) is 14.3. The minimum Gasteiger partial charge on any atom is -0.378 e. The van der Waals surface area contributed by atoms with Crippen molar-refractivity contribution in [3.05, 3.63) is 59.7 Å². The normalized spacial score (nSPS) is 14.4. The number of carbonyl (C=O) groups is 1. The van der Waals surface area contributed by atoms with Gasteiger partial charge < -0.3 is 14.5 Å². The van der Waals surface area contributed by atoms with Crippen LogP contribution >= 0.6 is 0 Å². The highest BCUT2D eigenvalue weighted by Gasteiger charge is 2.24. The molecular formula is C22H29N3O4S. The van der Waals surface area contributed by atoms with Crippen molar-refractivity contribution in [1.29, 1.82) is 0 Å². The van der Waals surface area contributed by atoms with Crippen LogP contribution in [-0.2, 0) is 26.1 Å². The molecular weight excluding hydrogens is 402 g/mol. The van der Waals surface area contributed by atoms with E-state index in [0.29, 0.717) is 12.2 Å². The van der Waals surface area contributed by atoms with Gasteiger partial charge >= 0.3 is 0 Å². The molecule has 0 atom stereocenters. The molecule has 0 spiro atoms. The van der Waals surface area contributed by atoms with Gasteiger partial charge in [0, 0.05) is 32.4 Å². The topological polar surface area (TPSA) is 70.2 Å². The number of para-hydroxylation sites is 1. The summed E-state index contributed by atoms with van der Waals surface area (Å²) in [6, 6.07) is 15.3. The lowest BCUT2D eigenvalue weighted by Gasteiger charge is -2.29. The fraction of sp³-hybridized carbons (Fsp3) is 0.409. The predicted molar refractivity (Wildman–Crippen MR) is 119 cm³/mol. The monoisotopic (exact) mass is 431 g/mol. The molecule has 30 heavy (non-hydrogen) atoms. The smallest absolute Gasteiger partial charge is 0.243 e. The van der Waals surface area contributed by atoms with Gasteiger partial charge in [-0.3, -0.25) is 9.10 Å². The van der Waals surface area contributed by atoms with E-state index in [1.54, 1.807) is 24.1 Å². The van der Waals surface area contributed by atoms with Crippen LogP contribution < -0.4 is 9.21 Å². The van der Waals surface area contributed by atoms with Crippen molar-refractivity contribution in [3.8, 4) is 0 Å². The van der Waals surface area contributed by atoms with Crippen molar-refractivity contribution in [2.75, 3.05) is 55.4 Å². The Labute approximate surface area is 178 Å². The minimum atomic E-state index is -3.59. The molecule has 3 rings (SSSR count). The molecule has 0 bridgehead atoms. The summed E-state index contributed by atoms with van der Waals surface area (Å²) in [5, 5.41) is 0. The third kappa shape index (κ3) is 5.52. The molecule has 1 fully saturated rings. The number of sulfonamides is 1. The van der Waals surface area contributed by atoms with Crippen molar-refractivity contribution in [1.82, 2.24) is 4.90 Å². The Morgan fingerprint density at radius 1 is 1.07 bits per heavy atom. The number of anilines is 2. The Bertz CT molecular complexity index is 970. The quantitative estimate of drug-likeness (QED) is 0.673. The molecule has 8 heteroatoms. The van der Waals surface area contributed by atoms with Crippen LogP contribution in [0.25, 0.3) is 0 Å². The predicted octanol–water partition coefficient (Wildman–Crippen LogP) is 2.26. The Kier molecular flexibility index (Phi) is 6.99. The van der Waals surface area contributed by atoms with Crippen LogP contribution in [0.4, 0.5) is 11.4 Å². The fourth-order valence-corrected chi connectivity index (χ4v) is 4.37. The van der Waals surface area contributed by atoms with E-state index < -0.39 is 10.0 Å². The van der Waals surface area contributed by atoms with Crippen LogP contribution in [0, 0.1) is 6.92 Å². The molecule has 0 aliphatic carbocycles. The minimum absolute atomic E-state index is 0.230. The van der Waals surface area contributed by atoms with Gasteiger partial charge in [0.05, 0.1) is 25.2 Å². The van der Waals surface area contributed by atoms with Gasteiger partial charge in [-0.25, -0.2) is 8.42 Å². The first-order valence-electron chi connectivity index (χ1n) is 9.94. The third-order valence-corrected chi connectivity index (χ3v) is 6.35. The summed E-state index contributed by atoms with van der Waals surface area (Å²) in [6.45, 7) is 5.22. The van der Waals surface area contributed by atoms with E-state index in [1.807, 2.05) is 31.2 Å². The van der Waals surface area contributed by atoms with E-state index in [2.05, 4.69) is 17.0 Å². The first kappa shape index (κ1) is 22.1. The zero-order chi connectivity index (χ0) is 21.7. The Morgan fingerprint density at radius 3 is 2.30 bits per heavy atom. The van der Waals surface area contributed by atoms with Crippen LogP contribution in [0.2, 0.25) is 0 Å². The number of benzene rings is 2. The average molecular weight is 432 g/mol. The number of aryl methyl sites for hydroxylation is 1. The van der Waals surface area contributed by atoms with Crippen molar-refractivity contribution in [2.24, 2.45) is 0 Å². The summed E-state index contributed by atoms with van der Waals surface area (Å²) in [5.41, 5.74) is 3.46. The van der Waals surface area contributed by atoms with Gasteiger partial charge in [-0.05, 0) is 36.2 Å².